The summed E-state index contributed by atoms with van der Waals surface area (Å²) in [6.45, 7) is 9.38. The molecule has 3 rings (SSSR count). The van der Waals surface area contributed by atoms with Crippen LogP contribution in [0.2, 0.25) is 0 Å². The number of piperazine rings is 1. The van der Waals surface area contributed by atoms with E-state index in [2.05, 4.69) is 53.4 Å². The molecule has 2 aromatic carbocycles. The Kier molecular flexibility index (Phi) is 7.06. The summed E-state index contributed by atoms with van der Waals surface area (Å²) in [5, 5.41) is 3.14. The molecule has 0 aliphatic carbocycles. The number of benzene rings is 2. The summed E-state index contributed by atoms with van der Waals surface area (Å²) in [5.74, 6) is 0.739. The molecule has 0 radical (unpaired) electrons. The molecule has 0 saturated carbocycles. The fourth-order valence-corrected chi connectivity index (χ4v) is 3.54. The molecule has 1 atom stereocenters. The van der Waals surface area contributed by atoms with Crippen molar-refractivity contribution in [2.75, 3.05) is 46.4 Å². The van der Waals surface area contributed by atoms with E-state index < -0.39 is 0 Å². The van der Waals surface area contributed by atoms with Gasteiger partial charge in [-0.3, -0.25) is 9.69 Å². The molecule has 1 amide bonds. The van der Waals surface area contributed by atoms with Gasteiger partial charge in [0.25, 0.3) is 5.91 Å². The van der Waals surface area contributed by atoms with Gasteiger partial charge in [-0.2, -0.15) is 0 Å². The van der Waals surface area contributed by atoms with Gasteiger partial charge in [-0.25, -0.2) is 0 Å². The minimum Gasteiger partial charge on any atom is -0.494 e. The number of aryl methyl sites for hydroxylation is 1. The van der Waals surface area contributed by atoms with Crippen molar-refractivity contribution in [2.45, 2.75) is 19.9 Å². The number of carbonyl (C=O) groups excluding carboxylic acids is 1. The molecule has 1 heterocycles. The second kappa shape index (κ2) is 9.71. The lowest BCUT2D eigenvalue weighted by Crippen LogP contribution is -2.48. The van der Waals surface area contributed by atoms with Crippen molar-refractivity contribution < 1.29 is 9.53 Å². The van der Waals surface area contributed by atoms with Crippen LogP contribution in [0.4, 0.5) is 0 Å². The van der Waals surface area contributed by atoms with Crippen LogP contribution >= 0.6 is 0 Å². The molecule has 1 aliphatic heterocycles. The molecule has 1 unspecified atom stereocenters. The normalized spacial score (nSPS) is 16.5. The molecular weight excluding hydrogens is 350 g/mol. The van der Waals surface area contributed by atoms with Crippen LogP contribution in [0.15, 0.2) is 48.5 Å². The van der Waals surface area contributed by atoms with Crippen molar-refractivity contribution in [3.05, 3.63) is 65.2 Å². The number of hydrogen-bond donors (Lipinski definition) is 1. The Labute approximate surface area is 168 Å². The molecule has 1 fully saturated rings. The van der Waals surface area contributed by atoms with E-state index in [0.29, 0.717) is 18.7 Å². The largest absolute Gasteiger partial charge is 0.494 e. The highest BCUT2D eigenvalue weighted by Crippen LogP contribution is 2.22. The summed E-state index contributed by atoms with van der Waals surface area (Å²) in [6.07, 6.45) is 0. The lowest BCUT2D eigenvalue weighted by atomic mass is 10.0. The Morgan fingerprint density at radius 1 is 1.04 bits per heavy atom. The zero-order valence-corrected chi connectivity index (χ0v) is 17.1. The van der Waals surface area contributed by atoms with E-state index in [0.717, 1.165) is 31.9 Å². The van der Waals surface area contributed by atoms with Gasteiger partial charge in [0, 0.05) is 38.3 Å². The second-order valence-electron chi connectivity index (χ2n) is 7.43. The van der Waals surface area contributed by atoms with Crippen LogP contribution in [0.1, 0.15) is 34.5 Å². The van der Waals surface area contributed by atoms with Gasteiger partial charge >= 0.3 is 0 Å². The van der Waals surface area contributed by atoms with E-state index in [9.17, 15) is 4.79 Å². The third-order valence-electron chi connectivity index (χ3n) is 5.32. The van der Waals surface area contributed by atoms with Crippen LogP contribution in [0, 0.1) is 6.92 Å². The number of rotatable bonds is 7. The number of amides is 1. The Balaban J connectivity index is 1.68. The Morgan fingerprint density at radius 2 is 1.68 bits per heavy atom. The summed E-state index contributed by atoms with van der Waals surface area (Å²) in [5.41, 5.74) is 3.16. The maximum Gasteiger partial charge on any atom is 0.251 e. The number of ether oxygens (including phenoxy) is 1. The second-order valence-corrected chi connectivity index (χ2v) is 7.43. The van der Waals surface area contributed by atoms with E-state index in [1.165, 1.54) is 11.1 Å². The minimum absolute atomic E-state index is 0.0470. The van der Waals surface area contributed by atoms with Gasteiger partial charge in [0.15, 0.2) is 0 Å². The SMILES string of the molecule is CCOc1ccc(C(=O)NCC(c2ccc(C)cc2)N2CCN(C)CC2)cc1. The summed E-state index contributed by atoms with van der Waals surface area (Å²) in [4.78, 5) is 17.5. The quantitative estimate of drug-likeness (QED) is 0.800. The first-order valence-electron chi connectivity index (χ1n) is 10.1. The first-order valence-corrected chi connectivity index (χ1v) is 10.1. The molecular formula is C23H31N3O2. The molecule has 0 aromatic heterocycles. The average molecular weight is 382 g/mol. The van der Waals surface area contributed by atoms with Crippen LogP contribution in [0.5, 0.6) is 5.75 Å². The van der Waals surface area contributed by atoms with E-state index in [1.54, 1.807) is 0 Å². The first kappa shape index (κ1) is 20.4. The summed E-state index contributed by atoms with van der Waals surface area (Å²) >= 11 is 0. The number of hydrogen-bond acceptors (Lipinski definition) is 4. The van der Waals surface area contributed by atoms with E-state index in [1.807, 2.05) is 31.2 Å². The van der Waals surface area contributed by atoms with E-state index in [-0.39, 0.29) is 11.9 Å². The molecule has 150 valence electrons. The monoisotopic (exact) mass is 381 g/mol. The maximum atomic E-state index is 12.7. The molecule has 28 heavy (non-hydrogen) atoms. The molecule has 1 saturated heterocycles. The van der Waals surface area contributed by atoms with Crippen molar-refractivity contribution in [3.63, 3.8) is 0 Å². The standard InChI is InChI=1S/C23H31N3O2/c1-4-28-21-11-9-20(10-12-21)23(27)24-17-22(19-7-5-18(2)6-8-19)26-15-13-25(3)14-16-26/h5-12,22H,4,13-17H2,1-3H3,(H,24,27). The van der Waals surface area contributed by atoms with E-state index >= 15 is 0 Å². The predicted molar refractivity (Wildman–Crippen MR) is 113 cm³/mol. The number of nitrogens with zero attached hydrogens (tertiary/aromatic N) is 2. The Hall–Kier alpha value is -2.37. The molecule has 1 aliphatic rings. The van der Waals surface area contributed by atoms with Gasteiger partial charge < -0.3 is 15.0 Å². The van der Waals surface area contributed by atoms with Crippen LogP contribution in [0.25, 0.3) is 0 Å². The van der Waals surface area contributed by atoms with Crippen molar-refractivity contribution >= 4 is 5.91 Å². The minimum atomic E-state index is -0.0470. The zero-order chi connectivity index (χ0) is 19.9. The average Bonchev–Trinajstić information content (AvgIpc) is 2.71. The van der Waals surface area contributed by atoms with Crippen LogP contribution in [-0.2, 0) is 0 Å². The number of nitrogens with one attached hydrogen (secondary N) is 1. The Morgan fingerprint density at radius 3 is 2.29 bits per heavy atom. The van der Waals surface area contributed by atoms with Crippen molar-refractivity contribution in [2.24, 2.45) is 0 Å². The van der Waals surface area contributed by atoms with Gasteiger partial charge in [0.1, 0.15) is 5.75 Å². The topological polar surface area (TPSA) is 44.8 Å². The lowest BCUT2D eigenvalue weighted by Gasteiger charge is -2.38. The molecule has 0 spiro atoms. The lowest BCUT2D eigenvalue weighted by molar-refractivity contribution is 0.0886. The fourth-order valence-electron chi connectivity index (χ4n) is 3.54. The van der Waals surface area contributed by atoms with Gasteiger partial charge in [0.2, 0.25) is 0 Å². The highest BCUT2D eigenvalue weighted by atomic mass is 16.5. The van der Waals surface area contributed by atoms with Gasteiger partial charge in [-0.05, 0) is 50.7 Å². The zero-order valence-electron chi connectivity index (χ0n) is 17.1. The third kappa shape index (κ3) is 5.33. The van der Waals surface area contributed by atoms with Gasteiger partial charge in [-0.15, -0.1) is 0 Å². The van der Waals surface area contributed by atoms with Crippen molar-refractivity contribution in [1.29, 1.82) is 0 Å². The molecule has 2 aromatic rings. The summed E-state index contributed by atoms with van der Waals surface area (Å²) < 4.78 is 5.45. The number of carbonyl (C=O) groups is 1. The number of likely N-dealkylation sites (N-methyl/N-ethyl adjacent to an activating group) is 1. The third-order valence-corrected chi connectivity index (χ3v) is 5.32. The predicted octanol–water partition coefficient (Wildman–Crippen LogP) is 3.11. The van der Waals surface area contributed by atoms with Crippen LogP contribution in [-0.4, -0.2) is 62.1 Å². The molecule has 5 nitrogen and oxygen atoms in total. The summed E-state index contributed by atoms with van der Waals surface area (Å²) in [6, 6.07) is 16.2. The van der Waals surface area contributed by atoms with Gasteiger partial charge in [-0.1, -0.05) is 29.8 Å². The molecule has 0 bridgehead atoms. The fraction of sp³-hybridized carbons (Fsp3) is 0.435. The highest BCUT2D eigenvalue weighted by molar-refractivity contribution is 5.94. The summed E-state index contributed by atoms with van der Waals surface area (Å²) in [7, 11) is 2.16. The molecule has 1 N–H and O–H groups in total. The first-order chi connectivity index (χ1) is 13.6. The highest BCUT2D eigenvalue weighted by Gasteiger charge is 2.24. The smallest absolute Gasteiger partial charge is 0.251 e. The van der Waals surface area contributed by atoms with Crippen molar-refractivity contribution in [1.82, 2.24) is 15.1 Å². The van der Waals surface area contributed by atoms with E-state index in [4.69, 9.17) is 4.74 Å². The van der Waals surface area contributed by atoms with Gasteiger partial charge in [0.05, 0.1) is 12.6 Å². The molecule has 5 heteroatoms. The van der Waals surface area contributed by atoms with Crippen molar-refractivity contribution in [3.8, 4) is 5.75 Å². The van der Waals surface area contributed by atoms with Crippen LogP contribution < -0.4 is 10.1 Å². The van der Waals surface area contributed by atoms with Crippen LogP contribution in [0.3, 0.4) is 0 Å². The maximum absolute atomic E-state index is 12.7. The Bertz CT molecular complexity index is 750.